The van der Waals surface area contributed by atoms with Crippen LogP contribution in [0.15, 0.2) is 58.0 Å². The highest BCUT2D eigenvalue weighted by atomic mass is 35.5. The van der Waals surface area contributed by atoms with E-state index in [1.165, 1.54) is 16.5 Å². The zero-order chi connectivity index (χ0) is 26.6. The highest BCUT2D eigenvalue weighted by Crippen LogP contribution is 2.29. The van der Waals surface area contributed by atoms with Crippen molar-refractivity contribution >= 4 is 39.9 Å². The number of aromatic nitrogens is 4. The van der Waals surface area contributed by atoms with Crippen molar-refractivity contribution in [2.75, 3.05) is 31.1 Å². The molecule has 0 aliphatic carbocycles. The van der Waals surface area contributed by atoms with Gasteiger partial charge in [-0.3, -0.25) is 14.0 Å². The van der Waals surface area contributed by atoms with E-state index in [9.17, 15) is 14.0 Å². The first-order valence-corrected chi connectivity index (χ1v) is 12.4. The summed E-state index contributed by atoms with van der Waals surface area (Å²) in [5.74, 6) is -0.112. The summed E-state index contributed by atoms with van der Waals surface area (Å²) >= 11 is 5.97. The quantitative estimate of drug-likeness (QED) is 0.342. The highest BCUT2D eigenvalue weighted by molar-refractivity contribution is 6.30. The maximum atomic E-state index is 15.0. The van der Waals surface area contributed by atoms with Crippen LogP contribution in [0.25, 0.3) is 27.8 Å². The number of aryl methyl sites for hydroxylation is 1. The number of anilines is 1. The van der Waals surface area contributed by atoms with Crippen LogP contribution in [0.4, 0.5) is 10.2 Å². The number of benzene rings is 2. The van der Waals surface area contributed by atoms with Crippen molar-refractivity contribution < 1.29 is 13.7 Å². The molecule has 38 heavy (non-hydrogen) atoms. The van der Waals surface area contributed by atoms with Crippen molar-refractivity contribution in [3.05, 3.63) is 86.9 Å². The van der Waals surface area contributed by atoms with Gasteiger partial charge in [0.25, 0.3) is 11.5 Å². The summed E-state index contributed by atoms with van der Waals surface area (Å²) in [6, 6.07) is 11.6. The Bertz CT molecular complexity index is 1790. The van der Waals surface area contributed by atoms with Crippen molar-refractivity contribution in [2.24, 2.45) is 0 Å². The number of fused-ring (bicyclic) bond motifs is 2. The predicted molar refractivity (Wildman–Crippen MR) is 141 cm³/mol. The number of nitrogens with zero attached hydrogens (tertiary/aromatic N) is 6. The third-order valence-corrected chi connectivity index (χ3v) is 7.16. The Hall–Kier alpha value is -4.31. The second-order valence-corrected chi connectivity index (χ2v) is 9.64. The number of piperazine rings is 1. The lowest BCUT2D eigenvalue weighted by Crippen LogP contribution is -2.49. The van der Waals surface area contributed by atoms with Crippen LogP contribution in [-0.2, 0) is 0 Å². The molecule has 0 unspecified atom stereocenters. The van der Waals surface area contributed by atoms with E-state index < -0.39 is 5.82 Å². The van der Waals surface area contributed by atoms with Gasteiger partial charge in [0.1, 0.15) is 22.8 Å². The molecular weight excluding hydrogens is 511 g/mol. The number of hydrogen-bond acceptors (Lipinski definition) is 7. The summed E-state index contributed by atoms with van der Waals surface area (Å²) in [5, 5.41) is 4.90. The minimum absolute atomic E-state index is 0.190. The monoisotopic (exact) mass is 532 g/mol. The molecule has 2 aromatic carbocycles. The summed E-state index contributed by atoms with van der Waals surface area (Å²) in [4.78, 5) is 39.3. The molecule has 192 valence electrons. The zero-order valence-corrected chi connectivity index (χ0v) is 21.4. The fourth-order valence-corrected chi connectivity index (χ4v) is 4.82. The molecule has 1 saturated heterocycles. The molecule has 0 spiro atoms. The number of amides is 1. The predicted octanol–water partition coefficient (Wildman–Crippen LogP) is 4.27. The molecule has 1 amide bonds. The Balaban J connectivity index is 1.35. The Morgan fingerprint density at radius 2 is 1.82 bits per heavy atom. The lowest BCUT2D eigenvalue weighted by atomic mass is 10.1. The van der Waals surface area contributed by atoms with Crippen LogP contribution < -0.4 is 10.5 Å². The molecular formula is C27H22ClFN6O3. The fraction of sp³-hybridized carbons (Fsp3) is 0.222. The van der Waals surface area contributed by atoms with Gasteiger partial charge in [0.05, 0.1) is 11.6 Å². The summed E-state index contributed by atoms with van der Waals surface area (Å²) in [6.07, 6.45) is 1.62. The standard InChI is InChI=1S/C27H22ClFN6O3/c1-15-16(2)30-25-23(18-8-7-17(28)13-20(18)29)31-22(14-35(25)26(15)36)33-9-11-34(12-10-33)27(37)24-19-5-3-4-6-21(19)32-38-24/h3-8,13-14H,9-12H2,1-2H3. The molecule has 0 atom stereocenters. The molecule has 5 aromatic rings. The summed E-state index contributed by atoms with van der Waals surface area (Å²) in [7, 11) is 0. The molecule has 0 saturated carbocycles. The topological polar surface area (TPSA) is 96.8 Å². The average Bonchev–Trinajstić information content (AvgIpc) is 3.36. The molecule has 0 radical (unpaired) electrons. The van der Waals surface area contributed by atoms with Gasteiger partial charge in [0.2, 0.25) is 5.76 Å². The Morgan fingerprint density at radius 3 is 2.58 bits per heavy atom. The van der Waals surface area contributed by atoms with Crippen LogP contribution in [-0.4, -0.2) is 56.5 Å². The molecule has 0 N–H and O–H groups in total. The molecule has 11 heteroatoms. The first-order chi connectivity index (χ1) is 18.3. The van der Waals surface area contributed by atoms with E-state index in [-0.39, 0.29) is 39.2 Å². The first kappa shape index (κ1) is 24.1. The molecule has 1 aliphatic rings. The number of hydrogen-bond donors (Lipinski definition) is 0. The van der Waals surface area contributed by atoms with Crippen molar-refractivity contribution in [3.63, 3.8) is 0 Å². The van der Waals surface area contributed by atoms with Crippen LogP contribution in [0, 0.1) is 19.7 Å². The van der Waals surface area contributed by atoms with Crippen LogP contribution in [0.1, 0.15) is 21.8 Å². The van der Waals surface area contributed by atoms with E-state index in [4.69, 9.17) is 21.1 Å². The van der Waals surface area contributed by atoms with Gasteiger partial charge in [0.15, 0.2) is 5.65 Å². The molecule has 4 heterocycles. The van der Waals surface area contributed by atoms with Crippen LogP contribution in [0.2, 0.25) is 5.02 Å². The Morgan fingerprint density at radius 1 is 1.05 bits per heavy atom. The van der Waals surface area contributed by atoms with Crippen molar-refractivity contribution in [2.45, 2.75) is 13.8 Å². The number of carbonyl (C=O) groups excluding carboxylic acids is 1. The van der Waals surface area contributed by atoms with E-state index in [2.05, 4.69) is 10.1 Å². The maximum Gasteiger partial charge on any atom is 0.293 e. The molecule has 1 fully saturated rings. The van der Waals surface area contributed by atoms with Crippen LogP contribution in [0.3, 0.4) is 0 Å². The van der Waals surface area contributed by atoms with Gasteiger partial charge in [-0.2, -0.15) is 0 Å². The zero-order valence-electron chi connectivity index (χ0n) is 20.6. The Kier molecular flexibility index (Phi) is 5.83. The summed E-state index contributed by atoms with van der Waals surface area (Å²) < 4.78 is 21.8. The molecule has 0 bridgehead atoms. The van der Waals surface area contributed by atoms with Crippen molar-refractivity contribution in [1.82, 2.24) is 24.4 Å². The second kappa shape index (κ2) is 9.21. The first-order valence-electron chi connectivity index (χ1n) is 12.1. The van der Waals surface area contributed by atoms with Crippen molar-refractivity contribution in [3.8, 4) is 11.3 Å². The number of rotatable bonds is 3. The number of carbonyl (C=O) groups is 1. The number of halogens is 2. The van der Waals surface area contributed by atoms with Crippen LogP contribution >= 0.6 is 11.6 Å². The molecule has 3 aromatic heterocycles. The molecule has 9 nitrogen and oxygen atoms in total. The molecule has 1 aliphatic heterocycles. The highest BCUT2D eigenvalue weighted by Gasteiger charge is 2.28. The minimum Gasteiger partial charge on any atom is -0.352 e. The minimum atomic E-state index is -0.564. The second-order valence-electron chi connectivity index (χ2n) is 9.20. The van der Waals surface area contributed by atoms with Crippen LogP contribution in [0.5, 0.6) is 0 Å². The van der Waals surface area contributed by atoms with Crippen molar-refractivity contribution in [1.29, 1.82) is 0 Å². The smallest absolute Gasteiger partial charge is 0.293 e. The average molecular weight is 533 g/mol. The lowest BCUT2D eigenvalue weighted by Gasteiger charge is -2.35. The third-order valence-electron chi connectivity index (χ3n) is 6.92. The largest absolute Gasteiger partial charge is 0.352 e. The molecule has 6 rings (SSSR count). The normalized spacial score (nSPS) is 14.0. The van der Waals surface area contributed by atoms with E-state index in [0.29, 0.717) is 54.2 Å². The van der Waals surface area contributed by atoms with E-state index in [1.54, 1.807) is 43.1 Å². The van der Waals surface area contributed by atoms with Gasteiger partial charge in [-0.25, -0.2) is 14.4 Å². The summed E-state index contributed by atoms with van der Waals surface area (Å²) in [6.45, 7) is 5.15. The van der Waals surface area contributed by atoms with Gasteiger partial charge < -0.3 is 14.3 Å². The lowest BCUT2D eigenvalue weighted by molar-refractivity contribution is 0.0707. The van der Waals surface area contributed by atoms with Gasteiger partial charge in [-0.05, 0) is 44.2 Å². The maximum absolute atomic E-state index is 15.0. The van der Waals surface area contributed by atoms with Gasteiger partial charge >= 0.3 is 0 Å². The van der Waals surface area contributed by atoms with Gasteiger partial charge in [-0.1, -0.05) is 28.9 Å². The summed E-state index contributed by atoms with van der Waals surface area (Å²) in [5.41, 5.74) is 2.11. The van der Waals surface area contributed by atoms with E-state index in [0.717, 1.165) is 0 Å². The third kappa shape index (κ3) is 3.97. The fourth-order valence-electron chi connectivity index (χ4n) is 4.66. The van der Waals surface area contributed by atoms with Gasteiger partial charge in [-0.15, -0.1) is 0 Å². The van der Waals surface area contributed by atoms with Gasteiger partial charge in [0, 0.05) is 48.0 Å². The van der Waals surface area contributed by atoms with E-state index in [1.807, 2.05) is 17.0 Å². The Labute approximate surface area is 221 Å². The van der Waals surface area contributed by atoms with E-state index >= 15 is 0 Å². The SMILES string of the molecule is Cc1nc2c(-c3ccc(Cl)cc3F)nc(N3CCN(C(=O)c4onc5ccccc45)CC3)cn2c(=O)c1C.